The quantitative estimate of drug-likeness (QED) is 0.856. The number of amides is 1. The normalized spacial score (nSPS) is 19.0. The molecule has 1 aliphatic heterocycles. The van der Waals surface area contributed by atoms with E-state index in [-0.39, 0.29) is 5.91 Å². The second-order valence-corrected chi connectivity index (χ2v) is 6.35. The monoisotopic (exact) mass is 318 g/mol. The van der Waals surface area contributed by atoms with Crippen molar-refractivity contribution in [2.75, 3.05) is 38.2 Å². The lowest BCUT2D eigenvalue weighted by atomic mass is 10.2. The Kier molecular flexibility index (Phi) is 4.94. The fourth-order valence-electron chi connectivity index (χ4n) is 3.42. The minimum Gasteiger partial charge on any atom is -0.493 e. The zero-order valence-electron chi connectivity index (χ0n) is 14.1. The zero-order chi connectivity index (χ0) is 16.2. The fraction of sp³-hybridized carbons (Fsp3) is 0.611. The van der Waals surface area contributed by atoms with Gasteiger partial charge in [0.15, 0.2) is 11.5 Å². The number of carbonyl (C=O) groups is 1. The average molecular weight is 318 g/mol. The number of rotatable bonds is 4. The highest BCUT2D eigenvalue weighted by Gasteiger charge is 2.22. The van der Waals surface area contributed by atoms with Crippen molar-refractivity contribution in [3.8, 4) is 11.5 Å². The van der Waals surface area contributed by atoms with Crippen LogP contribution in [0.1, 0.15) is 32.6 Å². The molecule has 1 saturated carbocycles. The van der Waals surface area contributed by atoms with Gasteiger partial charge in [0.05, 0.1) is 13.2 Å². The van der Waals surface area contributed by atoms with E-state index in [0.717, 1.165) is 56.2 Å². The number of anilines is 1. The molecule has 5 nitrogen and oxygen atoms in total. The summed E-state index contributed by atoms with van der Waals surface area (Å²) >= 11 is 0. The molecule has 0 radical (unpaired) electrons. The molecular formula is C18H26N2O3. The molecule has 0 unspecified atom stereocenters. The number of carbonyl (C=O) groups excluding carboxylic acids is 1. The summed E-state index contributed by atoms with van der Waals surface area (Å²) in [7, 11) is 1.68. The topological polar surface area (TPSA) is 42.0 Å². The predicted molar refractivity (Wildman–Crippen MR) is 90.3 cm³/mol. The molecule has 5 heteroatoms. The highest BCUT2D eigenvalue weighted by molar-refractivity contribution is 5.73. The number of hydrogen-bond donors (Lipinski definition) is 0. The van der Waals surface area contributed by atoms with Crippen LogP contribution < -0.4 is 14.4 Å². The van der Waals surface area contributed by atoms with E-state index >= 15 is 0 Å². The number of benzene rings is 1. The Hall–Kier alpha value is -1.91. The minimum atomic E-state index is 0.157. The molecule has 1 saturated heterocycles. The van der Waals surface area contributed by atoms with Crippen molar-refractivity contribution in [1.82, 2.24) is 4.90 Å². The second-order valence-electron chi connectivity index (χ2n) is 6.35. The van der Waals surface area contributed by atoms with Gasteiger partial charge in [0.2, 0.25) is 5.91 Å². The second kappa shape index (κ2) is 7.11. The van der Waals surface area contributed by atoms with Crippen molar-refractivity contribution in [3.63, 3.8) is 0 Å². The van der Waals surface area contributed by atoms with Gasteiger partial charge >= 0.3 is 0 Å². The number of hydrogen-bond acceptors (Lipinski definition) is 4. The van der Waals surface area contributed by atoms with Crippen LogP contribution in [0.15, 0.2) is 18.2 Å². The van der Waals surface area contributed by atoms with Crippen LogP contribution in [0.5, 0.6) is 11.5 Å². The number of piperazine rings is 1. The van der Waals surface area contributed by atoms with Gasteiger partial charge in [-0.1, -0.05) is 0 Å². The lowest BCUT2D eigenvalue weighted by Gasteiger charge is -2.36. The van der Waals surface area contributed by atoms with E-state index in [9.17, 15) is 4.79 Å². The van der Waals surface area contributed by atoms with Crippen molar-refractivity contribution in [3.05, 3.63) is 18.2 Å². The molecule has 1 aromatic rings. The number of ether oxygens (including phenoxy) is 2. The maximum Gasteiger partial charge on any atom is 0.219 e. The van der Waals surface area contributed by atoms with Crippen LogP contribution in [-0.4, -0.2) is 50.2 Å². The predicted octanol–water partition coefficient (Wildman–Crippen LogP) is 2.69. The first-order valence-corrected chi connectivity index (χ1v) is 8.52. The standard InChI is InChI=1S/C18H26N2O3/c1-14(21)19-9-11-20(12-10-19)15-7-8-17(22-2)18(13-15)23-16-5-3-4-6-16/h7-8,13,16H,3-6,9-12H2,1-2H3. The van der Waals surface area contributed by atoms with Crippen LogP contribution in [0.3, 0.4) is 0 Å². The molecule has 23 heavy (non-hydrogen) atoms. The minimum absolute atomic E-state index is 0.157. The van der Waals surface area contributed by atoms with Gasteiger partial charge in [0.25, 0.3) is 0 Å². The fourth-order valence-corrected chi connectivity index (χ4v) is 3.42. The SMILES string of the molecule is COc1ccc(N2CCN(C(C)=O)CC2)cc1OC1CCCC1. The third-order valence-electron chi connectivity index (χ3n) is 4.83. The lowest BCUT2D eigenvalue weighted by molar-refractivity contribution is -0.129. The largest absolute Gasteiger partial charge is 0.493 e. The van der Waals surface area contributed by atoms with E-state index in [1.807, 2.05) is 11.0 Å². The van der Waals surface area contributed by atoms with Crippen molar-refractivity contribution in [1.29, 1.82) is 0 Å². The van der Waals surface area contributed by atoms with Crippen molar-refractivity contribution < 1.29 is 14.3 Å². The molecule has 1 amide bonds. The summed E-state index contributed by atoms with van der Waals surface area (Å²) in [6.45, 7) is 4.90. The van der Waals surface area contributed by atoms with Crippen LogP contribution in [0.4, 0.5) is 5.69 Å². The molecular weight excluding hydrogens is 292 g/mol. The maximum absolute atomic E-state index is 11.4. The van der Waals surface area contributed by atoms with E-state index in [2.05, 4.69) is 17.0 Å². The smallest absolute Gasteiger partial charge is 0.219 e. The van der Waals surface area contributed by atoms with E-state index in [4.69, 9.17) is 9.47 Å². The highest BCUT2D eigenvalue weighted by Crippen LogP contribution is 2.35. The van der Waals surface area contributed by atoms with Crippen molar-refractivity contribution in [2.24, 2.45) is 0 Å². The van der Waals surface area contributed by atoms with E-state index in [1.54, 1.807) is 14.0 Å². The summed E-state index contributed by atoms with van der Waals surface area (Å²) in [4.78, 5) is 15.6. The van der Waals surface area contributed by atoms with Gasteiger partial charge in [-0.15, -0.1) is 0 Å². The van der Waals surface area contributed by atoms with Crippen LogP contribution in [0.25, 0.3) is 0 Å². The van der Waals surface area contributed by atoms with Gasteiger partial charge in [-0.05, 0) is 37.8 Å². The molecule has 0 bridgehead atoms. The Bertz CT molecular complexity index is 547. The Morgan fingerprint density at radius 3 is 2.39 bits per heavy atom. The van der Waals surface area contributed by atoms with Crippen LogP contribution in [-0.2, 0) is 4.79 Å². The molecule has 0 N–H and O–H groups in total. The first kappa shape index (κ1) is 16.0. The molecule has 3 rings (SSSR count). The van der Waals surface area contributed by atoms with Gasteiger partial charge in [0.1, 0.15) is 0 Å². The Balaban J connectivity index is 1.71. The van der Waals surface area contributed by atoms with Crippen LogP contribution >= 0.6 is 0 Å². The summed E-state index contributed by atoms with van der Waals surface area (Å²) in [6.07, 6.45) is 5.07. The zero-order valence-corrected chi connectivity index (χ0v) is 14.1. The first-order chi connectivity index (χ1) is 11.2. The highest BCUT2D eigenvalue weighted by atomic mass is 16.5. The summed E-state index contributed by atoms with van der Waals surface area (Å²) in [5, 5.41) is 0. The number of methoxy groups -OCH3 is 1. The summed E-state index contributed by atoms with van der Waals surface area (Å²) in [6, 6.07) is 6.14. The molecule has 1 heterocycles. The molecule has 0 atom stereocenters. The maximum atomic E-state index is 11.4. The molecule has 0 spiro atoms. The van der Waals surface area contributed by atoms with Gasteiger partial charge in [-0.25, -0.2) is 0 Å². The van der Waals surface area contributed by atoms with Crippen LogP contribution in [0.2, 0.25) is 0 Å². The van der Waals surface area contributed by atoms with Gasteiger partial charge in [0, 0.05) is 44.9 Å². The lowest BCUT2D eigenvalue weighted by Crippen LogP contribution is -2.48. The molecule has 126 valence electrons. The van der Waals surface area contributed by atoms with Gasteiger partial charge < -0.3 is 19.3 Å². The van der Waals surface area contributed by atoms with Crippen LogP contribution in [0, 0.1) is 0 Å². The molecule has 1 aromatic carbocycles. The third-order valence-corrected chi connectivity index (χ3v) is 4.83. The molecule has 2 fully saturated rings. The third kappa shape index (κ3) is 3.71. The number of nitrogens with zero attached hydrogens (tertiary/aromatic N) is 2. The summed E-state index contributed by atoms with van der Waals surface area (Å²) < 4.78 is 11.6. The molecule has 2 aliphatic rings. The van der Waals surface area contributed by atoms with E-state index in [0.29, 0.717) is 6.10 Å². The Morgan fingerprint density at radius 1 is 1.09 bits per heavy atom. The summed E-state index contributed by atoms with van der Waals surface area (Å²) in [5.41, 5.74) is 1.14. The Labute approximate surface area is 138 Å². The van der Waals surface area contributed by atoms with Crippen molar-refractivity contribution in [2.45, 2.75) is 38.7 Å². The summed E-state index contributed by atoms with van der Waals surface area (Å²) in [5.74, 6) is 1.79. The van der Waals surface area contributed by atoms with Gasteiger partial charge in [-0.2, -0.15) is 0 Å². The molecule has 1 aliphatic carbocycles. The van der Waals surface area contributed by atoms with E-state index < -0.39 is 0 Å². The van der Waals surface area contributed by atoms with Gasteiger partial charge in [-0.3, -0.25) is 4.79 Å². The van der Waals surface area contributed by atoms with E-state index in [1.165, 1.54) is 12.8 Å². The first-order valence-electron chi connectivity index (χ1n) is 8.52. The molecule has 0 aromatic heterocycles. The Morgan fingerprint density at radius 2 is 1.78 bits per heavy atom. The van der Waals surface area contributed by atoms with Crippen molar-refractivity contribution >= 4 is 11.6 Å². The average Bonchev–Trinajstić information content (AvgIpc) is 3.08.